The van der Waals surface area contributed by atoms with Gasteiger partial charge in [-0.15, -0.1) is 5.10 Å². The molecule has 2 aromatic carbocycles. The van der Waals surface area contributed by atoms with Crippen molar-refractivity contribution >= 4 is 22.4 Å². The Hall–Kier alpha value is -3.53. The van der Waals surface area contributed by atoms with E-state index in [9.17, 15) is 10.1 Å². The van der Waals surface area contributed by atoms with Crippen molar-refractivity contribution in [2.24, 2.45) is 0 Å². The number of nitriles is 1. The smallest absolute Gasteiger partial charge is 0.258 e. The van der Waals surface area contributed by atoms with Gasteiger partial charge in [0.1, 0.15) is 5.52 Å². The van der Waals surface area contributed by atoms with E-state index in [0.29, 0.717) is 16.8 Å². The number of nitrogens with zero attached hydrogens (tertiary/aromatic N) is 5. The van der Waals surface area contributed by atoms with Crippen LogP contribution < -0.4 is 0 Å². The van der Waals surface area contributed by atoms with Crippen LogP contribution in [0.3, 0.4) is 0 Å². The molecule has 0 spiro atoms. The van der Waals surface area contributed by atoms with Crippen LogP contribution in [-0.4, -0.2) is 19.9 Å². The summed E-state index contributed by atoms with van der Waals surface area (Å²) in [6, 6.07) is 15.3. The summed E-state index contributed by atoms with van der Waals surface area (Å²) in [6.07, 6.45) is 1.34. The molecule has 22 heavy (non-hydrogen) atoms. The first-order chi connectivity index (χ1) is 10.7. The van der Waals surface area contributed by atoms with E-state index in [1.807, 2.05) is 30.3 Å². The maximum atomic E-state index is 10.7. The van der Waals surface area contributed by atoms with Crippen LogP contribution in [0, 0.1) is 21.4 Å². The lowest BCUT2D eigenvalue weighted by atomic mass is 10.1. The number of allylic oxidation sites excluding steroid dienone is 1. The third kappa shape index (κ3) is 2.29. The molecule has 3 rings (SSSR count). The van der Waals surface area contributed by atoms with E-state index in [2.05, 4.69) is 10.3 Å². The van der Waals surface area contributed by atoms with Gasteiger partial charge in [0, 0.05) is 23.8 Å². The van der Waals surface area contributed by atoms with Crippen molar-refractivity contribution in [1.29, 1.82) is 5.26 Å². The third-order valence-electron chi connectivity index (χ3n) is 3.16. The van der Waals surface area contributed by atoms with E-state index in [-0.39, 0.29) is 5.69 Å². The molecule has 0 atom stereocenters. The van der Waals surface area contributed by atoms with Gasteiger partial charge in [-0.2, -0.15) is 5.26 Å². The quantitative estimate of drug-likeness (QED) is 0.420. The fourth-order valence-corrected chi connectivity index (χ4v) is 2.13. The minimum Gasteiger partial charge on any atom is -0.258 e. The monoisotopic (exact) mass is 291 g/mol. The second-order valence-electron chi connectivity index (χ2n) is 4.45. The summed E-state index contributed by atoms with van der Waals surface area (Å²) in [5, 5.41) is 27.8. The molecular formula is C15H9N5O2. The number of nitro groups is 1. The van der Waals surface area contributed by atoms with Crippen molar-refractivity contribution in [2.75, 3.05) is 0 Å². The Morgan fingerprint density at radius 3 is 2.64 bits per heavy atom. The molecule has 3 aromatic rings. The predicted octanol–water partition coefficient (Wildman–Crippen LogP) is 2.75. The number of hydrogen-bond donors (Lipinski definition) is 0. The number of rotatable bonds is 3. The number of nitro benzene ring substituents is 1. The van der Waals surface area contributed by atoms with Gasteiger partial charge in [0.15, 0.2) is 0 Å². The number of aromatic nitrogens is 3. The second kappa shape index (κ2) is 5.46. The molecule has 0 saturated heterocycles. The van der Waals surface area contributed by atoms with Gasteiger partial charge in [0.25, 0.3) is 5.69 Å². The van der Waals surface area contributed by atoms with Crippen molar-refractivity contribution in [2.45, 2.75) is 0 Å². The van der Waals surface area contributed by atoms with Crippen LogP contribution in [0.2, 0.25) is 0 Å². The first-order valence-electron chi connectivity index (χ1n) is 6.36. The zero-order valence-corrected chi connectivity index (χ0v) is 11.2. The van der Waals surface area contributed by atoms with Crippen LogP contribution in [-0.2, 0) is 0 Å². The molecule has 0 aliphatic carbocycles. The van der Waals surface area contributed by atoms with Crippen molar-refractivity contribution in [3.63, 3.8) is 0 Å². The molecule has 7 nitrogen and oxygen atoms in total. The highest BCUT2D eigenvalue weighted by atomic mass is 16.6. The number of non-ortho nitro benzene ring substituents is 1. The van der Waals surface area contributed by atoms with Gasteiger partial charge in [-0.25, -0.2) is 4.68 Å². The summed E-state index contributed by atoms with van der Waals surface area (Å²) in [4.78, 5) is 10.3. The first kappa shape index (κ1) is 13.5. The highest BCUT2D eigenvalue weighted by Gasteiger charge is 2.12. The summed E-state index contributed by atoms with van der Waals surface area (Å²) in [6.45, 7) is 0. The van der Waals surface area contributed by atoms with Crippen LogP contribution in [0.5, 0.6) is 0 Å². The van der Waals surface area contributed by atoms with E-state index < -0.39 is 4.92 Å². The van der Waals surface area contributed by atoms with Crippen molar-refractivity contribution in [1.82, 2.24) is 15.0 Å². The Balaban J connectivity index is 2.13. The van der Waals surface area contributed by atoms with Crippen LogP contribution in [0.1, 0.15) is 5.56 Å². The van der Waals surface area contributed by atoms with Gasteiger partial charge in [-0.05, 0) is 24.3 Å². The molecule has 7 heteroatoms. The van der Waals surface area contributed by atoms with E-state index in [1.165, 1.54) is 18.2 Å². The van der Waals surface area contributed by atoms with Crippen molar-refractivity contribution in [3.05, 3.63) is 70.3 Å². The van der Waals surface area contributed by atoms with Gasteiger partial charge < -0.3 is 0 Å². The Kier molecular flexibility index (Phi) is 3.34. The van der Waals surface area contributed by atoms with Crippen LogP contribution in [0.25, 0.3) is 16.7 Å². The molecular weight excluding hydrogens is 282 g/mol. The molecule has 0 aliphatic heterocycles. The summed E-state index contributed by atoms with van der Waals surface area (Å²) >= 11 is 0. The topological polar surface area (TPSA) is 97.6 Å². The van der Waals surface area contributed by atoms with Gasteiger partial charge >= 0.3 is 0 Å². The van der Waals surface area contributed by atoms with E-state index in [4.69, 9.17) is 5.26 Å². The molecule has 0 bridgehead atoms. The second-order valence-corrected chi connectivity index (χ2v) is 4.45. The summed E-state index contributed by atoms with van der Waals surface area (Å²) in [7, 11) is 0. The molecule has 0 radical (unpaired) electrons. The molecule has 0 saturated carbocycles. The lowest BCUT2D eigenvalue weighted by molar-refractivity contribution is -0.384. The third-order valence-corrected chi connectivity index (χ3v) is 3.16. The number of hydrogen-bond acceptors (Lipinski definition) is 5. The molecule has 0 fully saturated rings. The Morgan fingerprint density at radius 2 is 1.95 bits per heavy atom. The average molecular weight is 291 g/mol. The summed E-state index contributed by atoms with van der Waals surface area (Å²) in [5.41, 5.74) is 2.59. The lowest BCUT2D eigenvalue weighted by Gasteiger charge is -2.07. The Labute approximate surface area is 124 Å². The normalized spacial score (nSPS) is 11.3. The number of benzene rings is 2. The standard InChI is InChI=1S/C15H9N5O2/c16-10-9-14(11-5-7-12(8-6-11)20(21)22)19-15-4-2-1-3-13(15)17-18-19/h1-9H/b14-9+. The van der Waals surface area contributed by atoms with E-state index >= 15 is 0 Å². The molecule has 0 aliphatic rings. The first-order valence-corrected chi connectivity index (χ1v) is 6.36. The molecule has 0 unspecified atom stereocenters. The van der Waals surface area contributed by atoms with E-state index in [0.717, 1.165) is 5.52 Å². The molecule has 0 N–H and O–H groups in total. The molecule has 1 heterocycles. The van der Waals surface area contributed by atoms with Gasteiger partial charge in [0.05, 0.1) is 22.2 Å². The van der Waals surface area contributed by atoms with Gasteiger partial charge in [-0.1, -0.05) is 17.3 Å². The average Bonchev–Trinajstić information content (AvgIpc) is 2.96. The van der Waals surface area contributed by atoms with Crippen LogP contribution >= 0.6 is 0 Å². The van der Waals surface area contributed by atoms with Crippen molar-refractivity contribution in [3.8, 4) is 6.07 Å². The van der Waals surface area contributed by atoms with Crippen molar-refractivity contribution < 1.29 is 4.92 Å². The number of fused-ring (bicyclic) bond motifs is 1. The largest absolute Gasteiger partial charge is 0.269 e. The van der Waals surface area contributed by atoms with Crippen LogP contribution in [0.4, 0.5) is 5.69 Å². The van der Waals surface area contributed by atoms with Gasteiger partial charge in [-0.3, -0.25) is 10.1 Å². The SMILES string of the molecule is N#C/C=C(\c1ccc([N+](=O)[O-])cc1)n1nnc2ccccc21. The van der Waals surface area contributed by atoms with Crippen LogP contribution in [0.15, 0.2) is 54.6 Å². The molecule has 106 valence electrons. The predicted molar refractivity (Wildman–Crippen MR) is 79.6 cm³/mol. The highest BCUT2D eigenvalue weighted by molar-refractivity contribution is 5.81. The minimum absolute atomic E-state index is 0.0106. The molecule has 1 aromatic heterocycles. The zero-order valence-electron chi connectivity index (χ0n) is 11.2. The minimum atomic E-state index is -0.470. The van der Waals surface area contributed by atoms with Gasteiger partial charge in [0.2, 0.25) is 0 Å². The Bertz CT molecular complexity index is 919. The van der Waals surface area contributed by atoms with E-state index in [1.54, 1.807) is 16.8 Å². The zero-order chi connectivity index (χ0) is 15.5. The summed E-state index contributed by atoms with van der Waals surface area (Å²) < 4.78 is 1.54. The maximum Gasteiger partial charge on any atom is 0.269 e. The highest BCUT2D eigenvalue weighted by Crippen LogP contribution is 2.23. The Morgan fingerprint density at radius 1 is 1.23 bits per heavy atom. The fourth-order valence-electron chi connectivity index (χ4n) is 2.13. The fraction of sp³-hybridized carbons (Fsp3) is 0. The molecule has 0 amide bonds. The number of para-hydroxylation sites is 1. The lowest BCUT2D eigenvalue weighted by Crippen LogP contribution is -2.01. The maximum absolute atomic E-state index is 10.7. The summed E-state index contributed by atoms with van der Waals surface area (Å²) in [5.74, 6) is 0.